The molecule has 1 saturated heterocycles. The van der Waals surface area contributed by atoms with Crippen molar-refractivity contribution < 1.29 is 0 Å². The molecule has 3 rings (SSSR count). The van der Waals surface area contributed by atoms with E-state index in [-0.39, 0.29) is 0 Å². The van der Waals surface area contributed by atoms with Gasteiger partial charge < -0.3 is 4.90 Å². The fourth-order valence-corrected chi connectivity index (χ4v) is 3.28. The van der Waals surface area contributed by atoms with Crippen molar-refractivity contribution in [3.05, 3.63) is 29.1 Å². The third-order valence-electron chi connectivity index (χ3n) is 3.11. The molecular formula is C13H15N2S. The minimum Gasteiger partial charge on any atom is -0.368 e. The number of rotatable bonds is 1. The van der Waals surface area contributed by atoms with E-state index in [9.17, 15) is 0 Å². The number of thiophene rings is 1. The van der Waals surface area contributed by atoms with Gasteiger partial charge in [0.05, 0.1) is 5.69 Å². The second-order valence-corrected chi connectivity index (χ2v) is 5.19. The predicted octanol–water partition coefficient (Wildman–Crippen LogP) is 2.63. The molecule has 0 saturated carbocycles. The van der Waals surface area contributed by atoms with Crippen LogP contribution in [0.3, 0.4) is 0 Å². The topological polar surface area (TPSA) is 17.3 Å². The average Bonchev–Trinajstić information content (AvgIpc) is 2.73. The Bertz CT molecular complexity index is 498. The van der Waals surface area contributed by atoms with Gasteiger partial charge in [0, 0.05) is 41.6 Å². The summed E-state index contributed by atoms with van der Waals surface area (Å²) in [6.07, 6.45) is 0. The zero-order valence-electron chi connectivity index (χ0n) is 9.44. The number of nitrogens with zero attached hydrogens (tertiary/aromatic N) is 2. The third-order valence-corrected chi connectivity index (χ3v) is 4.04. The quantitative estimate of drug-likeness (QED) is 0.737. The van der Waals surface area contributed by atoms with Crippen molar-refractivity contribution in [2.75, 3.05) is 31.1 Å². The summed E-state index contributed by atoms with van der Waals surface area (Å²) in [6, 6.07) is 6.73. The fraction of sp³-hybridized carbons (Fsp3) is 0.385. The van der Waals surface area contributed by atoms with Gasteiger partial charge in [0.15, 0.2) is 0 Å². The predicted molar refractivity (Wildman–Crippen MR) is 70.6 cm³/mol. The maximum Gasteiger partial charge on any atom is 0.0555 e. The lowest BCUT2D eigenvalue weighted by atomic mass is 10.1. The van der Waals surface area contributed by atoms with Gasteiger partial charge in [-0.05, 0) is 18.6 Å². The van der Waals surface area contributed by atoms with Gasteiger partial charge >= 0.3 is 0 Å². The van der Waals surface area contributed by atoms with Crippen molar-refractivity contribution in [3.8, 4) is 0 Å². The highest BCUT2D eigenvalue weighted by atomic mass is 32.1. The molecule has 2 aromatic rings. The molecule has 0 aliphatic carbocycles. The van der Waals surface area contributed by atoms with E-state index in [1.54, 1.807) is 0 Å². The van der Waals surface area contributed by atoms with Crippen molar-refractivity contribution in [2.45, 2.75) is 6.92 Å². The van der Waals surface area contributed by atoms with Gasteiger partial charge in [-0.1, -0.05) is 12.1 Å². The second kappa shape index (κ2) is 4.07. The van der Waals surface area contributed by atoms with E-state index in [1.807, 2.05) is 11.3 Å². The first-order valence-electron chi connectivity index (χ1n) is 5.71. The number of hydrogen-bond acceptors (Lipinski definition) is 2. The molecule has 0 amide bonds. The molecule has 0 atom stereocenters. The first kappa shape index (κ1) is 10.1. The highest BCUT2D eigenvalue weighted by Gasteiger charge is 2.14. The zero-order valence-corrected chi connectivity index (χ0v) is 10.3. The smallest absolute Gasteiger partial charge is 0.0555 e. The standard InChI is InChI=1S/C13H15N2S/c1-10-2-3-11-12(9-16-13(11)8-10)15-6-4-14-5-7-15/h2-3,8-9H,4-7H2,1H3. The number of hydrogen-bond donors (Lipinski definition) is 0. The van der Waals surface area contributed by atoms with Gasteiger partial charge in [-0.3, -0.25) is 0 Å². The van der Waals surface area contributed by atoms with E-state index >= 15 is 0 Å². The monoisotopic (exact) mass is 231 g/mol. The van der Waals surface area contributed by atoms with E-state index in [4.69, 9.17) is 0 Å². The SMILES string of the molecule is Cc1ccc2c(N3CC[N]CC3)csc2c1. The highest BCUT2D eigenvalue weighted by molar-refractivity contribution is 7.17. The molecule has 0 unspecified atom stereocenters. The molecule has 83 valence electrons. The first-order valence-corrected chi connectivity index (χ1v) is 6.58. The van der Waals surface area contributed by atoms with E-state index < -0.39 is 0 Å². The Balaban J connectivity index is 2.03. The molecule has 0 N–H and O–H groups in total. The van der Waals surface area contributed by atoms with Gasteiger partial charge in [-0.2, -0.15) is 0 Å². The number of benzene rings is 1. The van der Waals surface area contributed by atoms with Gasteiger partial charge in [0.2, 0.25) is 0 Å². The van der Waals surface area contributed by atoms with Crippen LogP contribution in [0, 0.1) is 6.92 Å². The molecule has 1 fully saturated rings. The number of piperazine rings is 1. The van der Waals surface area contributed by atoms with E-state index in [2.05, 4.69) is 40.7 Å². The molecule has 0 bridgehead atoms. The fourth-order valence-electron chi connectivity index (χ4n) is 2.21. The maximum atomic E-state index is 4.39. The lowest BCUT2D eigenvalue weighted by Crippen LogP contribution is -2.40. The van der Waals surface area contributed by atoms with Crippen molar-refractivity contribution >= 4 is 27.1 Å². The Hall–Kier alpha value is -1.06. The van der Waals surface area contributed by atoms with E-state index in [1.165, 1.54) is 21.3 Å². The van der Waals surface area contributed by atoms with Crippen LogP contribution in [0.25, 0.3) is 10.1 Å². The van der Waals surface area contributed by atoms with Crippen LogP contribution < -0.4 is 10.2 Å². The molecular weight excluding hydrogens is 216 g/mol. The zero-order chi connectivity index (χ0) is 11.0. The molecule has 1 aliphatic rings. The molecule has 2 nitrogen and oxygen atoms in total. The van der Waals surface area contributed by atoms with Crippen molar-refractivity contribution in [2.24, 2.45) is 0 Å². The summed E-state index contributed by atoms with van der Waals surface area (Å²) in [7, 11) is 0. The molecule has 1 aliphatic heterocycles. The minimum absolute atomic E-state index is 0.975. The number of aryl methyl sites for hydroxylation is 1. The van der Waals surface area contributed by atoms with Gasteiger partial charge in [0.25, 0.3) is 0 Å². The molecule has 1 aromatic carbocycles. The molecule has 16 heavy (non-hydrogen) atoms. The van der Waals surface area contributed by atoms with Crippen molar-refractivity contribution in [1.29, 1.82) is 0 Å². The summed E-state index contributed by atoms with van der Waals surface area (Å²) in [5, 5.41) is 8.08. The summed E-state index contributed by atoms with van der Waals surface area (Å²) in [5.41, 5.74) is 2.74. The Labute approximate surface area is 99.9 Å². The van der Waals surface area contributed by atoms with Gasteiger partial charge in [-0.15, -0.1) is 11.3 Å². The third kappa shape index (κ3) is 1.70. The van der Waals surface area contributed by atoms with Crippen molar-refractivity contribution in [3.63, 3.8) is 0 Å². The number of anilines is 1. The highest BCUT2D eigenvalue weighted by Crippen LogP contribution is 2.33. The summed E-state index contributed by atoms with van der Waals surface area (Å²) >= 11 is 1.85. The van der Waals surface area contributed by atoms with Crippen LogP contribution in [0.1, 0.15) is 5.56 Å². The number of fused-ring (bicyclic) bond motifs is 1. The average molecular weight is 231 g/mol. The minimum atomic E-state index is 0.975. The molecule has 3 heteroatoms. The van der Waals surface area contributed by atoms with Crippen LogP contribution in [0.15, 0.2) is 23.6 Å². The van der Waals surface area contributed by atoms with Crippen LogP contribution >= 0.6 is 11.3 Å². The lowest BCUT2D eigenvalue weighted by molar-refractivity contribution is 0.580. The lowest BCUT2D eigenvalue weighted by Gasteiger charge is -2.28. The van der Waals surface area contributed by atoms with E-state index in [0.29, 0.717) is 0 Å². The van der Waals surface area contributed by atoms with Gasteiger partial charge in [0.1, 0.15) is 0 Å². The second-order valence-electron chi connectivity index (χ2n) is 4.28. The van der Waals surface area contributed by atoms with Gasteiger partial charge in [-0.25, -0.2) is 5.32 Å². The Morgan fingerprint density at radius 1 is 1.25 bits per heavy atom. The van der Waals surface area contributed by atoms with Crippen LogP contribution in [-0.2, 0) is 0 Å². The Morgan fingerprint density at radius 3 is 2.88 bits per heavy atom. The normalized spacial score (nSPS) is 16.9. The van der Waals surface area contributed by atoms with Crippen LogP contribution in [0.2, 0.25) is 0 Å². The summed E-state index contributed by atoms with van der Waals surface area (Å²) in [5.74, 6) is 0. The largest absolute Gasteiger partial charge is 0.368 e. The molecule has 1 aromatic heterocycles. The molecule has 2 heterocycles. The van der Waals surface area contributed by atoms with E-state index in [0.717, 1.165) is 26.2 Å². The van der Waals surface area contributed by atoms with Crippen molar-refractivity contribution in [1.82, 2.24) is 5.32 Å². The maximum absolute atomic E-state index is 4.39. The Morgan fingerprint density at radius 2 is 2.06 bits per heavy atom. The summed E-state index contributed by atoms with van der Waals surface area (Å²) in [4.78, 5) is 2.46. The van der Waals surface area contributed by atoms with Crippen LogP contribution in [-0.4, -0.2) is 26.2 Å². The molecule has 0 spiro atoms. The van der Waals surface area contributed by atoms with Crippen LogP contribution in [0.5, 0.6) is 0 Å². The summed E-state index contributed by atoms with van der Waals surface area (Å²) in [6.45, 7) is 6.24. The Kier molecular flexibility index (Phi) is 2.58. The molecule has 1 radical (unpaired) electrons. The first-order chi connectivity index (χ1) is 7.84. The van der Waals surface area contributed by atoms with Crippen LogP contribution in [0.4, 0.5) is 5.69 Å². The summed E-state index contributed by atoms with van der Waals surface area (Å²) < 4.78 is 1.40.